The minimum atomic E-state index is -0.191. The number of rotatable bonds is 6. The molecule has 3 aromatic rings. The molecule has 0 saturated carbocycles. The monoisotopic (exact) mass is 375 g/mol. The van der Waals surface area contributed by atoms with Gasteiger partial charge in [0, 0.05) is 17.8 Å². The highest BCUT2D eigenvalue weighted by Gasteiger charge is 2.08. The molecule has 0 aromatic heterocycles. The molecule has 0 unspecified atom stereocenters. The lowest BCUT2D eigenvalue weighted by atomic mass is 10.0. The van der Waals surface area contributed by atoms with Crippen LogP contribution in [0.15, 0.2) is 60.7 Å². The van der Waals surface area contributed by atoms with E-state index in [1.165, 1.54) is 5.56 Å². The number of amides is 1. The molecule has 3 aromatic carbocycles. The molecule has 1 amide bonds. The number of nitrogen functional groups attached to an aromatic ring is 1. The third-order valence-corrected chi connectivity index (χ3v) is 4.75. The Morgan fingerprint density at radius 1 is 1.04 bits per heavy atom. The number of carbonyl (C=O) groups is 1. The molecule has 0 aliphatic carbocycles. The second-order valence-electron chi connectivity index (χ2n) is 6.71. The fourth-order valence-electron chi connectivity index (χ4n) is 2.96. The first-order chi connectivity index (χ1) is 13.5. The summed E-state index contributed by atoms with van der Waals surface area (Å²) >= 11 is 0. The summed E-state index contributed by atoms with van der Waals surface area (Å²) in [5.74, 6) is 0.701. The van der Waals surface area contributed by atoms with Crippen molar-refractivity contribution in [1.29, 1.82) is 0 Å². The Kier molecular flexibility index (Phi) is 5.84. The highest BCUT2D eigenvalue weighted by Crippen LogP contribution is 2.24. The van der Waals surface area contributed by atoms with Crippen LogP contribution >= 0.6 is 0 Å². The fourth-order valence-corrected chi connectivity index (χ4v) is 2.96. The molecule has 144 valence electrons. The second kappa shape index (κ2) is 8.48. The molecule has 0 heterocycles. The van der Waals surface area contributed by atoms with Gasteiger partial charge in [-0.05, 0) is 73.0 Å². The van der Waals surface area contributed by atoms with Crippen LogP contribution in [0.3, 0.4) is 0 Å². The lowest BCUT2D eigenvalue weighted by Crippen LogP contribution is -2.13. The van der Waals surface area contributed by atoms with Gasteiger partial charge in [-0.25, -0.2) is 0 Å². The van der Waals surface area contributed by atoms with Gasteiger partial charge in [0.2, 0.25) is 0 Å². The quantitative estimate of drug-likeness (QED) is 0.543. The van der Waals surface area contributed by atoms with E-state index in [1.807, 2.05) is 30.3 Å². The smallest absolute Gasteiger partial charge is 0.255 e. The van der Waals surface area contributed by atoms with Gasteiger partial charge in [0.1, 0.15) is 5.75 Å². The van der Waals surface area contributed by atoms with Crippen LogP contribution in [0.25, 0.3) is 0 Å². The Morgan fingerprint density at radius 2 is 1.75 bits per heavy atom. The molecule has 0 atom stereocenters. The largest absolute Gasteiger partial charge is 0.496 e. The van der Waals surface area contributed by atoms with Gasteiger partial charge in [-0.3, -0.25) is 4.79 Å². The van der Waals surface area contributed by atoms with Gasteiger partial charge >= 0.3 is 0 Å². The number of nitrogens with two attached hydrogens (primary N) is 1. The number of benzene rings is 3. The molecule has 0 aliphatic rings. The lowest BCUT2D eigenvalue weighted by molar-refractivity contribution is 0.102. The standard InChI is InChI=1S/C23H25N3O2/c1-15-12-17(13-22(28-3)16(15)2)14-25-19-10-8-18(9-11-19)23(27)26-21-7-5-4-6-20(21)24/h4-13,25H,14,24H2,1-3H3,(H,26,27). The topological polar surface area (TPSA) is 76.4 Å². The number of aryl methyl sites for hydroxylation is 1. The summed E-state index contributed by atoms with van der Waals surface area (Å²) in [5.41, 5.74) is 12.0. The molecular weight excluding hydrogens is 350 g/mol. The highest BCUT2D eigenvalue weighted by atomic mass is 16.5. The van der Waals surface area contributed by atoms with E-state index in [0.29, 0.717) is 23.5 Å². The van der Waals surface area contributed by atoms with Gasteiger partial charge in [-0.2, -0.15) is 0 Å². The number of hydrogen-bond donors (Lipinski definition) is 3. The molecule has 0 saturated heterocycles. The minimum absolute atomic E-state index is 0.191. The van der Waals surface area contributed by atoms with Gasteiger partial charge in [-0.15, -0.1) is 0 Å². The molecule has 0 spiro atoms. The van der Waals surface area contributed by atoms with Crippen molar-refractivity contribution < 1.29 is 9.53 Å². The average molecular weight is 375 g/mol. The number of hydrogen-bond acceptors (Lipinski definition) is 4. The van der Waals surface area contributed by atoms with E-state index in [0.717, 1.165) is 22.6 Å². The molecule has 4 N–H and O–H groups in total. The van der Waals surface area contributed by atoms with Gasteiger partial charge < -0.3 is 21.1 Å². The molecule has 0 radical (unpaired) electrons. The van der Waals surface area contributed by atoms with E-state index in [1.54, 1.807) is 31.4 Å². The fraction of sp³-hybridized carbons (Fsp3) is 0.174. The zero-order valence-electron chi connectivity index (χ0n) is 16.4. The summed E-state index contributed by atoms with van der Waals surface area (Å²) in [6.45, 7) is 4.80. The van der Waals surface area contributed by atoms with Crippen molar-refractivity contribution in [2.75, 3.05) is 23.5 Å². The second-order valence-corrected chi connectivity index (χ2v) is 6.71. The van der Waals surface area contributed by atoms with Crippen LogP contribution in [0.1, 0.15) is 27.0 Å². The molecule has 5 nitrogen and oxygen atoms in total. The number of nitrogens with one attached hydrogen (secondary N) is 2. The SMILES string of the molecule is COc1cc(CNc2ccc(C(=O)Nc3ccccc3N)cc2)cc(C)c1C. The molecule has 0 bridgehead atoms. The highest BCUT2D eigenvalue weighted by molar-refractivity contribution is 6.05. The molecule has 0 fully saturated rings. The first-order valence-corrected chi connectivity index (χ1v) is 9.12. The minimum Gasteiger partial charge on any atom is -0.496 e. The van der Waals surface area contributed by atoms with Crippen LogP contribution in [0.2, 0.25) is 0 Å². The van der Waals surface area contributed by atoms with E-state index in [-0.39, 0.29) is 5.91 Å². The van der Waals surface area contributed by atoms with Crippen molar-refractivity contribution in [3.05, 3.63) is 82.9 Å². The Hall–Kier alpha value is -3.47. The van der Waals surface area contributed by atoms with E-state index in [9.17, 15) is 4.79 Å². The molecule has 0 aliphatic heterocycles. The average Bonchev–Trinajstić information content (AvgIpc) is 2.70. The maximum Gasteiger partial charge on any atom is 0.255 e. The number of ether oxygens (including phenoxy) is 1. The number of carbonyl (C=O) groups excluding carboxylic acids is 1. The normalized spacial score (nSPS) is 10.4. The zero-order valence-corrected chi connectivity index (χ0v) is 16.4. The number of methoxy groups -OCH3 is 1. The van der Waals surface area contributed by atoms with Gasteiger partial charge in [0.25, 0.3) is 5.91 Å². The molecular formula is C23H25N3O2. The Morgan fingerprint density at radius 3 is 2.43 bits per heavy atom. The molecule has 5 heteroatoms. The van der Waals surface area contributed by atoms with Crippen LogP contribution in [0.4, 0.5) is 17.1 Å². The predicted molar refractivity (Wildman–Crippen MR) is 115 cm³/mol. The van der Waals surface area contributed by atoms with E-state index in [4.69, 9.17) is 10.5 Å². The van der Waals surface area contributed by atoms with Crippen molar-refractivity contribution >= 4 is 23.0 Å². The van der Waals surface area contributed by atoms with Crippen LogP contribution in [-0.2, 0) is 6.54 Å². The summed E-state index contributed by atoms with van der Waals surface area (Å²) < 4.78 is 5.44. The van der Waals surface area contributed by atoms with Crippen molar-refractivity contribution in [2.45, 2.75) is 20.4 Å². The first-order valence-electron chi connectivity index (χ1n) is 9.12. The van der Waals surface area contributed by atoms with Crippen molar-refractivity contribution in [3.8, 4) is 5.75 Å². The number of anilines is 3. The Labute approximate surface area is 165 Å². The van der Waals surface area contributed by atoms with Gasteiger partial charge in [-0.1, -0.05) is 18.2 Å². The van der Waals surface area contributed by atoms with Crippen molar-refractivity contribution in [2.24, 2.45) is 0 Å². The summed E-state index contributed by atoms with van der Waals surface area (Å²) in [4.78, 5) is 12.4. The number of para-hydroxylation sites is 2. The summed E-state index contributed by atoms with van der Waals surface area (Å²) in [5, 5.41) is 6.21. The summed E-state index contributed by atoms with van der Waals surface area (Å²) in [6.07, 6.45) is 0. The van der Waals surface area contributed by atoms with E-state index < -0.39 is 0 Å². The van der Waals surface area contributed by atoms with Crippen LogP contribution < -0.4 is 21.1 Å². The zero-order chi connectivity index (χ0) is 20.1. The van der Waals surface area contributed by atoms with E-state index in [2.05, 4.69) is 30.5 Å². The maximum absolute atomic E-state index is 12.4. The molecule has 28 heavy (non-hydrogen) atoms. The van der Waals surface area contributed by atoms with Gasteiger partial charge in [0.05, 0.1) is 18.5 Å². The Bertz CT molecular complexity index is 982. The first kappa shape index (κ1) is 19.3. The summed E-state index contributed by atoms with van der Waals surface area (Å²) in [6, 6.07) is 18.7. The Balaban J connectivity index is 1.64. The molecule has 3 rings (SSSR count). The third kappa shape index (κ3) is 4.43. The van der Waals surface area contributed by atoms with Crippen LogP contribution in [0, 0.1) is 13.8 Å². The maximum atomic E-state index is 12.4. The third-order valence-electron chi connectivity index (χ3n) is 4.75. The lowest BCUT2D eigenvalue weighted by Gasteiger charge is -2.13. The summed E-state index contributed by atoms with van der Waals surface area (Å²) in [7, 11) is 1.69. The van der Waals surface area contributed by atoms with E-state index >= 15 is 0 Å². The van der Waals surface area contributed by atoms with Crippen LogP contribution in [-0.4, -0.2) is 13.0 Å². The van der Waals surface area contributed by atoms with Gasteiger partial charge in [0.15, 0.2) is 0 Å². The van der Waals surface area contributed by atoms with Crippen molar-refractivity contribution in [3.63, 3.8) is 0 Å². The predicted octanol–water partition coefficient (Wildman–Crippen LogP) is 4.76. The van der Waals surface area contributed by atoms with Crippen LogP contribution in [0.5, 0.6) is 5.75 Å². The van der Waals surface area contributed by atoms with Crippen molar-refractivity contribution in [1.82, 2.24) is 0 Å².